The van der Waals surface area contributed by atoms with Crippen molar-refractivity contribution in [2.45, 2.75) is 20.8 Å². The van der Waals surface area contributed by atoms with Crippen molar-refractivity contribution in [2.75, 3.05) is 0 Å². The predicted octanol–water partition coefficient (Wildman–Crippen LogP) is 5.42. The highest BCUT2D eigenvalue weighted by atomic mass is 32.1. The first-order chi connectivity index (χ1) is 13.9. The van der Waals surface area contributed by atoms with Gasteiger partial charge >= 0.3 is 0 Å². The van der Waals surface area contributed by atoms with E-state index in [9.17, 15) is 14.9 Å². The first-order valence-corrected chi connectivity index (χ1v) is 9.70. The first kappa shape index (κ1) is 18.7. The number of allylic oxidation sites excluding steroid dienone is 1. The molecule has 0 aliphatic rings. The number of imidazole rings is 1. The highest BCUT2D eigenvalue weighted by Gasteiger charge is 2.17. The molecule has 0 saturated heterocycles. The molecule has 4 aromatic rings. The number of hydrogen-bond acceptors (Lipinski definition) is 4. The molecule has 0 spiro atoms. The number of halogens is 1. The Labute approximate surface area is 171 Å². The third kappa shape index (κ3) is 3.22. The number of aromatic nitrogens is 3. The largest absolute Gasteiger partial charge is 0.337 e. The topological polar surface area (TPSA) is 81.2 Å². The number of hydrogen-bond donors (Lipinski definition) is 1. The van der Waals surface area contributed by atoms with E-state index in [2.05, 4.69) is 22.1 Å². The van der Waals surface area contributed by atoms with Crippen LogP contribution in [0.2, 0.25) is 0 Å². The standard InChI is InChI=1S/C22H16FN5S/c1-12-6-15(14(3)28(12)22-17(11-25)7-13(2)29-22)8-16(10-24)21-26-19-5-4-18(23)9-20(19)27-21/h4-9H,1-3H3,(H,26,27). The number of nitrogens with zero attached hydrogens (tertiary/aromatic N) is 4. The summed E-state index contributed by atoms with van der Waals surface area (Å²) in [5.74, 6) is 0.0286. The Bertz CT molecular complexity index is 1370. The molecule has 4 rings (SSSR count). The summed E-state index contributed by atoms with van der Waals surface area (Å²) in [7, 11) is 0. The lowest BCUT2D eigenvalue weighted by atomic mass is 10.1. The maximum absolute atomic E-state index is 13.4. The Hall–Kier alpha value is -3.68. The van der Waals surface area contributed by atoms with Crippen molar-refractivity contribution in [3.8, 4) is 17.1 Å². The summed E-state index contributed by atoms with van der Waals surface area (Å²) in [5, 5.41) is 20.0. The molecule has 5 nitrogen and oxygen atoms in total. The van der Waals surface area contributed by atoms with Gasteiger partial charge in [-0.1, -0.05) is 0 Å². The molecule has 0 saturated carbocycles. The third-order valence-electron chi connectivity index (χ3n) is 4.75. The Morgan fingerprint density at radius 2 is 2.00 bits per heavy atom. The minimum atomic E-state index is -0.363. The van der Waals surface area contributed by atoms with Gasteiger partial charge in [0.2, 0.25) is 0 Å². The fourth-order valence-electron chi connectivity index (χ4n) is 3.41. The van der Waals surface area contributed by atoms with Gasteiger partial charge in [0, 0.05) is 16.3 Å². The second kappa shape index (κ2) is 7.05. The minimum Gasteiger partial charge on any atom is -0.337 e. The molecule has 1 N–H and O–H groups in total. The molecular formula is C22H16FN5S. The number of thiophene rings is 1. The van der Waals surface area contributed by atoms with Crippen molar-refractivity contribution in [3.05, 3.63) is 69.4 Å². The fraction of sp³-hybridized carbons (Fsp3) is 0.136. The molecule has 0 atom stereocenters. The average Bonchev–Trinajstić information content (AvgIpc) is 3.34. The molecule has 0 radical (unpaired) electrons. The Kier molecular flexibility index (Phi) is 4.54. The van der Waals surface area contributed by atoms with Crippen LogP contribution in [0.1, 0.15) is 33.2 Å². The molecule has 1 aromatic carbocycles. The SMILES string of the molecule is Cc1cc(C#N)c(-n2c(C)cc(C=C(C#N)c3nc4ccc(F)cc4[nH]3)c2C)s1. The summed E-state index contributed by atoms with van der Waals surface area (Å²) in [4.78, 5) is 8.48. The molecule has 0 aliphatic carbocycles. The molecule has 3 aromatic heterocycles. The number of nitrogens with one attached hydrogen (secondary N) is 1. The number of benzene rings is 1. The van der Waals surface area contributed by atoms with E-state index < -0.39 is 0 Å². The number of aromatic amines is 1. The van der Waals surface area contributed by atoms with Gasteiger partial charge in [0.1, 0.15) is 28.8 Å². The number of fused-ring (bicyclic) bond motifs is 1. The zero-order chi connectivity index (χ0) is 20.7. The average molecular weight is 401 g/mol. The molecule has 7 heteroatoms. The minimum absolute atomic E-state index is 0.352. The van der Waals surface area contributed by atoms with Crippen LogP contribution in [-0.4, -0.2) is 14.5 Å². The van der Waals surface area contributed by atoms with Crippen LogP contribution in [0.25, 0.3) is 27.7 Å². The smallest absolute Gasteiger partial charge is 0.149 e. The lowest BCUT2D eigenvalue weighted by molar-refractivity contribution is 0.629. The fourth-order valence-corrected chi connectivity index (χ4v) is 4.48. The van der Waals surface area contributed by atoms with Crippen LogP contribution in [0.4, 0.5) is 4.39 Å². The van der Waals surface area contributed by atoms with Crippen molar-refractivity contribution >= 4 is 34.0 Å². The molecule has 3 heterocycles. The van der Waals surface area contributed by atoms with E-state index in [4.69, 9.17) is 0 Å². The first-order valence-electron chi connectivity index (χ1n) is 8.88. The van der Waals surface area contributed by atoms with E-state index >= 15 is 0 Å². The zero-order valence-corrected chi connectivity index (χ0v) is 16.9. The van der Waals surface area contributed by atoms with Crippen molar-refractivity contribution in [3.63, 3.8) is 0 Å². The summed E-state index contributed by atoms with van der Waals surface area (Å²) in [6.45, 7) is 5.90. The van der Waals surface area contributed by atoms with E-state index in [0.717, 1.165) is 26.8 Å². The van der Waals surface area contributed by atoms with Gasteiger partial charge in [-0.15, -0.1) is 11.3 Å². The van der Waals surface area contributed by atoms with Crippen LogP contribution in [0.3, 0.4) is 0 Å². The van der Waals surface area contributed by atoms with Gasteiger partial charge in [0.25, 0.3) is 0 Å². The summed E-state index contributed by atoms with van der Waals surface area (Å²) in [5.41, 5.74) is 4.88. The quantitative estimate of drug-likeness (QED) is 0.466. The van der Waals surface area contributed by atoms with Gasteiger partial charge in [-0.25, -0.2) is 9.37 Å². The molecule has 0 fully saturated rings. The maximum Gasteiger partial charge on any atom is 0.149 e. The molecule has 0 amide bonds. The van der Waals surface area contributed by atoms with Crippen LogP contribution < -0.4 is 0 Å². The second-order valence-corrected chi connectivity index (χ2v) is 8.00. The van der Waals surface area contributed by atoms with Crippen LogP contribution in [0.15, 0.2) is 30.3 Å². The van der Waals surface area contributed by atoms with Crippen molar-refractivity contribution in [2.24, 2.45) is 0 Å². The van der Waals surface area contributed by atoms with E-state index in [-0.39, 0.29) is 5.82 Å². The van der Waals surface area contributed by atoms with E-state index in [0.29, 0.717) is 28.0 Å². The normalized spacial score (nSPS) is 11.6. The highest BCUT2D eigenvalue weighted by molar-refractivity contribution is 7.14. The van der Waals surface area contributed by atoms with Crippen molar-refractivity contribution in [1.82, 2.24) is 14.5 Å². The van der Waals surface area contributed by atoms with Crippen LogP contribution in [0.5, 0.6) is 0 Å². The lowest BCUT2D eigenvalue weighted by Crippen LogP contribution is -1.98. The van der Waals surface area contributed by atoms with Gasteiger partial charge in [0.05, 0.1) is 22.2 Å². The van der Waals surface area contributed by atoms with Gasteiger partial charge in [-0.2, -0.15) is 10.5 Å². The van der Waals surface area contributed by atoms with E-state index in [1.165, 1.54) is 12.1 Å². The van der Waals surface area contributed by atoms with E-state index in [1.807, 2.05) is 37.5 Å². The molecule has 0 unspecified atom stereocenters. The summed E-state index contributed by atoms with van der Waals surface area (Å²) >= 11 is 1.56. The number of H-pyrrole nitrogens is 1. The van der Waals surface area contributed by atoms with Gasteiger partial charge in [-0.3, -0.25) is 0 Å². The Morgan fingerprint density at radius 1 is 1.21 bits per heavy atom. The zero-order valence-electron chi connectivity index (χ0n) is 16.0. The Morgan fingerprint density at radius 3 is 2.72 bits per heavy atom. The predicted molar refractivity (Wildman–Crippen MR) is 112 cm³/mol. The molecule has 29 heavy (non-hydrogen) atoms. The van der Waals surface area contributed by atoms with Gasteiger partial charge < -0.3 is 9.55 Å². The molecule has 142 valence electrons. The van der Waals surface area contributed by atoms with Crippen LogP contribution in [-0.2, 0) is 0 Å². The van der Waals surface area contributed by atoms with Gasteiger partial charge in [-0.05, 0) is 62.7 Å². The lowest BCUT2D eigenvalue weighted by Gasteiger charge is -2.07. The number of aryl methyl sites for hydroxylation is 2. The summed E-state index contributed by atoms with van der Waals surface area (Å²) in [6.07, 6.45) is 1.76. The number of nitriles is 2. The highest BCUT2D eigenvalue weighted by Crippen LogP contribution is 2.31. The second-order valence-electron chi connectivity index (χ2n) is 6.77. The maximum atomic E-state index is 13.4. The van der Waals surface area contributed by atoms with Crippen molar-refractivity contribution in [1.29, 1.82) is 10.5 Å². The van der Waals surface area contributed by atoms with Gasteiger partial charge in [0.15, 0.2) is 0 Å². The third-order valence-corrected chi connectivity index (χ3v) is 5.78. The Balaban J connectivity index is 1.83. The van der Waals surface area contributed by atoms with Crippen LogP contribution in [0, 0.1) is 49.3 Å². The summed E-state index contributed by atoms with van der Waals surface area (Å²) in [6, 6.07) is 12.6. The molecular weight excluding hydrogens is 385 g/mol. The molecule has 0 bridgehead atoms. The van der Waals surface area contributed by atoms with Crippen LogP contribution >= 0.6 is 11.3 Å². The monoisotopic (exact) mass is 401 g/mol. The summed E-state index contributed by atoms with van der Waals surface area (Å²) < 4.78 is 15.5. The van der Waals surface area contributed by atoms with E-state index in [1.54, 1.807) is 23.5 Å². The number of rotatable bonds is 3. The van der Waals surface area contributed by atoms with Crippen molar-refractivity contribution < 1.29 is 4.39 Å². The molecule has 0 aliphatic heterocycles.